The number of amides is 1. The van der Waals surface area contributed by atoms with Crippen molar-refractivity contribution >= 4 is 23.5 Å². The number of hydrogen-bond donors (Lipinski definition) is 3. The summed E-state index contributed by atoms with van der Waals surface area (Å²) in [5, 5.41) is 7.67. The van der Waals surface area contributed by atoms with Crippen LogP contribution in [-0.4, -0.2) is 30.6 Å². The van der Waals surface area contributed by atoms with Crippen LogP contribution in [0, 0.1) is 11.3 Å². The Kier molecular flexibility index (Phi) is 7.74. The second-order valence-electron chi connectivity index (χ2n) is 7.72. The Hall–Kier alpha value is -3.42. The van der Waals surface area contributed by atoms with Gasteiger partial charge in [-0.05, 0) is 36.5 Å². The van der Waals surface area contributed by atoms with Crippen molar-refractivity contribution in [3.8, 4) is 0 Å². The van der Waals surface area contributed by atoms with Crippen molar-refractivity contribution in [3.05, 3.63) is 58.1 Å². The number of primary amides is 1. The number of esters is 1. The molecule has 1 atom stereocenters. The highest BCUT2D eigenvalue weighted by Gasteiger charge is 2.36. The fourth-order valence-corrected chi connectivity index (χ4v) is 3.62. The van der Waals surface area contributed by atoms with Crippen LogP contribution in [0.25, 0.3) is 0 Å². The number of hydrogen-bond acceptors (Lipinski definition) is 7. The van der Waals surface area contributed by atoms with Gasteiger partial charge in [-0.1, -0.05) is 32.9 Å². The van der Waals surface area contributed by atoms with Crippen LogP contribution in [0.2, 0.25) is 0 Å². The second kappa shape index (κ2) is 10.1. The highest BCUT2D eigenvalue weighted by Crippen LogP contribution is 2.41. The summed E-state index contributed by atoms with van der Waals surface area (Å²) < 4.78 is 10.2. The van der Waals surface area contributed by atoms with Gasteiger partial charge >= 0.3 is 5.97 Å². The average molecular weight is 427 g/mol. The van der Waals surface area contributed by atoms with Crippen molar-refractivity contribution in [2.24, 2.45) is 22.4 Å². The van der Waals surface area contributed by atoms with Crippen LogP contribution >= 0.6 is 0 Å². The van der Waals surface area contributed by atoms with Crippen molar-refractivity contribution in [2.45, 2.75) is 46.5 Å². The van der Waals surface area contributed by atoms with Gasteiger partial charge in [0.2, 0.25) is 5.91 Å². The predicted octanol–water partition coefficient (Wildman–Crippen LogP) is 3.39. The first-order chi connectivity index (χ1) is 14.6. The van der Waals surface area contributed by atoms with Gasteiger partial charge in [0, 0.05) is 24.1 Å². The van der Waals surface area contributed by atoms with Crippen LogP contribution in [0.4, 0.5) is 0 Å². The number of methoxy groups -OCH3 is 1. The van der Waals surface area contributed by atoms with Gasteiger partial charge in [0.25, 0.3) is 0 Å². The molecule has 0 saturated heterocycles. The SMILES string of the molecule is CCC1=NC(CC(C)C)=C(C(N)=O)C(c2ccc(C(=O)OC)cc2)/C1=C(/N)OC(C)=N. The van der Waals surface area contributed by atoms with Crippen molar-refractivity contribution in [2.75, 3.05) is 7.11 Å². The maximum Gasteiger partial charge on any atom is 0.337 e. The summed E-state index contributed by atoms with van der Waals surface area (Å²) in [6.07, 6.45) is 1.11. The standard InChI is InChI=1S/C23H30N4O4/c1-6-16-20(22(26)31-13(4)24)18(14-7-9-15(10-8-14)23(29)30-5)19(21(25)28)17(27-16)11-12(2)3/h7-10,12,18,24H,6,11,26H2,1-5H3,(H2,25,28)/b22-20-,24-13?. The van der Waals surface area contributed by atoms with Gasteiger partial charge in [0.05, 0.1) is 23.9 Å². The van der Waals surface area contributed by atoms with E-state index < -0.39 is 17.8 Å². The largest absolute Gasteiger partial charge is 0.465 e. The zero-order valence-electron chi connectivity index (χ0n) is 18.6. The highest BCUT2D eigenvalue weighted by molar-refractivity contribution is 6.08. The Morgan fingerprint density at radius 3 is 2.26 bits per heavy atom. The number of ether oxygens (including phenoxy) is 2. The molecule has 31 heavy (non-hydrogen) atoms. The van der Waals surface area contributed by atoms with Gasteiger partial charge in [-0.15, -0.1) is 0 Å². The van der Waals surface area contributed by atoms with Gasteiger partial charge in [-0.3, -0.25) is 15.2 Å². The van der Waals surface area contributed by atoms with E-state index in [1.807, 2.05) is 20.8 Å². The minimum Gasteiger partial charge on any atom is -0.465 e. The number of allylic oxidation sites excluding steroid dienone is 2. The summed E-state index contributed by atoms with van der Waals surface area (Å²) >= 11 is 0. The lowest BCUT2D eigenvalue weighted by molar-refractivity contribution is -0.114. The first kappa shape index (κ1) is 23.9. The van der Waals surface area contributed by atoms with E-state index in [-0.39, 0.29) is 17.7 Å². The highest BCUT2D eigenvalue weighted by atomic mass is 16.5. The lowest BCUT2D eigenvalue weighted by atomic mass is 9.77. The zero-order chi connectivity index (χ0) is 23.3. The second-order valence-corrected chi connectivity index (χ2v) is 7.72. The molecule has 1 aromatic rings. The molecule has 1 aliphatic heterocycles. The number of nitrogens with zero attached hydrogens (tertiary/aromatic N) is 1. The van der Waals surface area contributed by atoms with Gasteiger partial charge in [0.15, 0.2) is 11.8 Å². The topological polar surface area (TPSA) is 141 Å². The number of benzene rings is 1. The van der Waals surface area contributed by atoms with Gasteiger partial charge in [0.1, 0.15) is 0 Å². The lowest BCUT2D eigenvalue weighted by Crippen LogP contribution is -2.31. The molecule has 0 bridgehead atoms. The smallest absolute Gasteiger partial charge is 0.337 e. The molecule has 0 fully saturated rings. The van der Waals surface area contributed by atoms with Crippen LogP contribution in [0.1, 0.15) is 62.4 Å². The predicted molar refractivity (Wildman–Crippen MR) is 120 cm³/mol. The molecule has 166 valence electrons. The summed E-state index contributed by atoms with van der Waals surface area (Å²) in [4.78, 5) is 29.2. The first-order valence-electron chi connectivity index (χ1n) is 10.1. The molecule has 0 spiro atoms. The Labute approximate surface area is 182 Å². The maximum absolute atomic E-state index is 12.6. The molecule has 1 aromatic carbocycles. The number of carbonyl (C=O) groups excluding carboxylic acids is 2. The van der Waals surface area contributed by atoms with Gasteiger partial charge in [-0.2, -0.15) is 0 Å². The summed E-state index contributed by atoms with van der Waals surface area (Å²) in [7, 11) is 1.31. The Bertz CT molecular complexity index is 972. The number of carbonyl (C=O) groups is 2. The number of nitrogens with two attached hydrogens (primary N) is 2. The Morgan fingerprint density at radius 2 is 1.81 bits per heavy atom. The van der Waals surface area contributed by atoms with E-state index in [1.54, 1.807) is 24.3 Å². The van der Waals surface area contributed by atoms with E-state index in [1.165, 1.54) is 14.0 Å². The molecule has 1 amide bonds. The minimum absolute atomic E-state index is 0.00232. The summed E-state index contributed by atoms with van der Waals surface area (Å²) in [6, 6.07) is 6.71. The molecule has 5 N–H and O–H groups in total. The molecule has 0 saturated carbocycles. The van der Waals surface area contributed by atoms with Crippen LogP contribution < -0.4 is 11.5 Å². The van der Waals surface area contributed by atoms with Crippen molar-refractivity contribution in [1.29, 1.82) is 5.41 Å². The van der Waals surface area contributed by atoms with Crippen LogP contribution in [0.5, 0.6) is 0 Å². The molecular weight excluding hydrogens is 396 g/mol. The fraction of sp³-hybridized carbons (Fsp3) is 0.391. The molecule has 2 rings (SSSR count). The number of rotatable bonds is 7. The Balaban J connectivity index is 2.80. The minimum atomic E-state index is -0.634. The van der Waals surface area contributed by atoms with Crippen LogP contribution in [0.3, 0.4) is 0 Å². The third-order valence-corrected chi connectivity index (χ3v) is 4.86. The van der Waals surface area contributed by atoms with Crippen molar-refractivity contribution in [3.63, 3.8) is 0 Å². The van der Waals surface area contributed by atoms with E-state index in [0.717, 1.165) is 0 Å². The van der Waals surface area contributed by atoms with Crippen molar-refractivity contribution in [1.82, 2.24) is 0 Å². The lowest BCUT2D eigenvalue weighted by Gasteiger charge is -2.30. The molecule has 8 nitrogen and oxygen atoms in total. The van der Waals surface area contributed by atoms with Crippen LogP contribution in [-0.2, 0) is 14.3 Å². The maximum atomic E-state index is 12.6. The number of nitrogens with one attached hydrogen (secondary N) is 1. The third-order valence-electron chi connectivity index (χ3n) is 4.86. The monoisotopic (exact) mass is 426 g/mol. The summed E-state index contributed by atoms with van der Waals surface area (Å²) in [6.45, 7) is 7.47. The van der Waals surface area contributed by atoms with E-state index in [9.17, 15) is 9.59 Å². The molecular formula is C23H30N4O4. The van der Waals surface area contributed by atoms with E-state index in [2.05, 4.69) is 0 Å². The molecule has 0 aliphatic carbocycles. The zero-order valence-corrected chi connectivity index (χ0v) is 18.6. The Morgan fingerprint density at radius 1 is 1.19 bits per heavy atom. The average Bonchev–Trinajstić information content (AvgIpc) is 2.70. The van der Waals surface area contributed by atoms with Crippen LogP contribution in [0.15, 0.2) is 52.0 Å². The van der Waals surface area contributed by atoms with E-state index >= 15 is 0 Å². The molecule has 1 unspecified atom stereocenters. The molecule has 1 heterocycles. The quantitative estimate of drug-likeness (QED) is 0.265. The van der Waals surface area contributed by atoms with Crippen molar-refractivity contribution < 1.29 is 19.1 Å². The van der Waals surface area contributed by atoms with Gasteiger partial charge < -0.3 is 20.9 Å². The first-order valence-corrected chi connectivity index (χ1v) is 10.1. The summed E-state index contributed by atoms with van der Waals surface area (Å²) in [5.74, 6) is -1.54. The van der Waals surface area contributed by atoms with Gasteiger partial charge in [-0.25, -0.2) is 4.79 Å². The molecule has 0 aromatic heterocycles. The number of aliphatic imine (C=N–C) groups is 1. The summed E-state index contributed by atoms with van der Waals surface area (Å²) in [5.41, 5.74) is 15.3. The normalized spacial score (nSPS) is 17.9. The fourth-order valence-electron chi connectivity index (χ4n) is 3.62. The van der Waals surface area contributed by atoms with E-state index in [0.29, 0.717) is 46.5 Å². The molecule has 8 heteroatoms. The molecule has 0 radical (unpaired) electrons. The third kappa shape index (κ3) is 5.39. The van der Waals surface area contributed by atoms with E-state index in [4.69, 9.17) is 31.3 Å². The molecule has 1 aliphatic rings.